The summed E-state index contributed by atoms with van der Waals surface area (Å²) in [5.41, 5.74) is 2.77. The van der Waals surface area contributed by atoms with Gasteiger partial charge in [-0.2, -0.15) is 5.10 Å². The fourth-order valence-electron chi connectivity index (χ4n) is 2.16. The normalized spacial score (nSPS) is 10.2. The highest BCUT2D eigenvalue weighted by molar-refractivity contribution is 6.00. The maximum atomic E-state index is 12.1. The number of pyridine rings is 1. The van der Waals surface area contributed by atoms with Crippen LogP contribution >= 0.6 is 0 Å². The van der Waals surface area contributed by atoms with Crippen molar-refractivity contribution in [3.8, 4) is 11.6 Å². The summed E-state index contributed by atoms with van der Waals surface area (Å²) in [6.45, 7) is 3.66. The van der Waals surface area contributed by atoms with Gasteiger partial charge in [0.2, 0.25) is 5.88 Å². The zero-order chi connectivity index (χ0) is 16.9. The van der Waals surface area contributed by atoms with Gasteiger partial charge in [-0.1, -0.05) is 18.2 Å². The zero-order valence-corrected chi connectivity index (χ0v) is 13.3. The van der Waals surface area contributed by atoms with Gasteiger partial charge in [0, 0.05) is 18.0 Å². The molecule has 1 aromatic carbocycles. The number of nitrogens with one attached hydrogen (secondary N) is 3. The number of nitrogens with zero attached hydrogens (tertiary/aromatic N) is 2. The number of amides is 2. The van der Waals surface area contributed by atoms with Gasteiger partial charge in [0.15, 0.2) is 0 Å². The molecule has 7 heteroatoms. The number of aromatic amines is 1. The highest BCUT2D eigenvalue weighted by atomic mass is 16.5. The number of para-hydroxylation sites is 1. The minimum atomic E-state index is -0.362. The number of aromatic nitrogens is 3. The number of H-pyrrole nitrogens is 1. The van der Waals surface area contributed by atoms with Crippen molar-refractivity contribution in [2.75, 3.05) is 10.6 Å². The summed E-state index contributed by atoms with van der Waals surface area (Å²) >= 11 is 0. The van der Waals surface area contributed by atoms with Crippen LogP contribution in [0.15, 0.2) is 48.7 Å². The first kappa shape index (κ1) is 15.5. The SMILES string of the molecule is Cc1n[nH]c(C)c1NC(=O)Nc1ccnc(Oc2ccccc2)c1. The van der Waals surface area contributed by atoms with Gasteiger partial charge in [0.25, 0.3) is 0 Å². The third kappa shape index (κ3) is 3.70. The molecule has 122 valence electrons. The van der Waals surface area contributed by atoms with E-state index >= 15 is 0 Å². The Morgan fingerprint density at radius 3 is 2.62 bits per heavy atom. The number of benzene rings is 1. The van der Waals surface area contributed by atoms with E-state index < -0.39 is 0 Å². The Balaban J connectivity index is 1.67. The van der Waals surface area contributed by atoms with Gasteiger partial charge in [-0.05, 0) is 32.0 Å². The topological polar surface area (TPSA) is 91.9 Å². The minimum absolute atomic E-state index is 0.362. The smallest absolute Gasteiger partial charge is 0.323 e. The molecule has 0 atom stereocenters. The van der Waals surface area contributed by atoms with Crippen molar-refractivity contribution >= 4 is 17.4 Å². The second-order valence-electron chi connectivity index (χ2n) is 5.19. The summed E-state index contributed by atoms with van der Waals surface area (Å²) in [6, 6.07) is 12.3. The van der Waals surface area contributed by atoms with E-state index in [-0.39, 0.29) is 6.03 Å². The third-order valence-corrected chi connectivity index (χ3v) is 3.32. The maximum Gasteiger partial charge on any atom is 0.323 e. The number of aryl methyl sites for hydroxylation is 2. The molecule has 0 saturated heterocycles. The van der Waals surface area contributed by atoms with E-state index in [9.17, 15) is 4.79 Å². The second-order valence-corrected chi connectivity index (χ2v) is 5.19. The lowest BCUT2D eigenvalue weighted by molar-refractivity contribution is 0.262. The van der Waals surface area contributed by atoms with Gasteiger partial charge >= 0.3 is 6.03 Å². The Hall–Kier alpha value is -3.35. The van der Waals surface area contributed by atoms with Crippen molar-refractivity contribution in [1.82, 2.24) is 15.2 Å². The molecule has 0 bridgehead atoms. The summed E-state index contributed by atoms with van der Waals surface area (Å²) in [5, 5.41) is 12.4. The largest absolute Gasteiger partial charge is 0.439 e. The Labute approximate surface area is 139 Å². The van der Waals surface area contributed by atoms with Crippen molar-refractivity contribution in [1.29, 1.82) is 0 Å². The molecule has 24 heavy (non-hydrogen) atoms. The van der Waals surface area contributed by atoms with Crippen molar-refractivity contribution in [3.63, 3.8) is 0 Å². The number of urea groups is 1. The molecule has 2 amide bonds. The van der Waals surface area contributed by atoms with E-state index in [1.165, 1.54) is 0 Å². The maximum absolute atomic E-state index is 12.1. The number of ether oxygens (including phenoxy) is 1. The van der Waals surface area contributed by atoms with E-state index in [4.69, 9.17) is 4.74 Å². The predicted molar refractivity (Wildman–Crippen MR) is 91.5 cm³/mol. The average Bonchev–Trinajstić information content (AvgIpc) is 2.88. The lowest BCUT2D eigenvalue weighted by atomic mass is 10.3. The van der Waals surface area contributed by atoms with Crippen LogP contribution in [0.5, 0.6) is 11.6 Å². The Morgan fingerprint density at radius 1 is 1.12 bits per heavy atom. The van der Waals surface area contributed by atoms with E-state index in [0.29, 0.717) is 23.0 Å². The van der Waals surface area contributed by atoms with Crippen molar-refractivity contribution in [3.05, 3.63) is 60.0 Å². The first-order valence-corrected chi connectivity index (χ1v) is 7.40. The molecule has 3 aromatic rings. The standard InChI is InChI=1S/C17H17N5O2/c1-11-16(12(2)22-21-11)20-17(23)19-13-8-9-18-15(10-13)24-14-6-4-3-5-7-14/h3-10H,1-2H3,(H,21,22)(H2,18,19,20,23). The number of carbonyl (C=O) groups is 1. The van der Waals surface area contributed by atoms with Gasteiger partial charge in [0.1, 0.15) is 5.75 Å². The van der Waals surface area contributed by atoms with E-state index in [0.717, 1.165) is 11.4 Å². The lowest BCUT2D eigenvalue weighted by Crippen LogP contribution is -2.20. The number of anilines is 2. The van der Waals surface area contributed by atoms with Crippen LogP contribution in [0.2, 0.25) is 0 Å². The summed E-state index contributed by atoms with van der Waals surface area (Å²) < 4.78 is 5.65. The predicted octanol–water partition coefficient (Wildman–Crippen LogP) is 3.86. The fraction of sp³-hybridized carbons (Fsp3) is 0.118. The average molecular weight is 323 g/mol. The highest BCUT2D eigenvalue weighted by Crippen LogP contribution is 2.22. The van der Waals surface area contributed by atoms with Gasteiger partial charge in [-0.15, -0.1) is 0 Å². The summed E-state index contributed by atoms with van der Waals surface area (Å²) in [6.07, 6.45) is 1.57. The molecule has 2 aromatic heterocycles. The van der Waals surface area contributed by atoms with E-state index in [2.05, 4.69) is 25.8 Å². The summed E-state index contributed by atoms with van der Waals surface area (Å²) in [7, 11) is 0. The highest BCUT2D eigenvalue weighted by Gasteiger charge is 2.10. The van der Waals surface area contributed by atoms with Crippen LogP contribution in [-0.2, 0) is 0 Å². The quantitative estimate of drug-likeness (QED) is 0.680. The summed E-state index contributed by atoms with van der Waals surface area (Å²) in [4.78, 5) is 16.3. The lowest BCUT2D eigenvalue weighted by Gasteiger charge is -2.09. The molecule has 0 aliphatic rings. The first-order chi connectivity index (χ1) is 11.6. The fourth-order valence-corrected chi connectivity index (χ4v) is 2.16. The number of rotatable bonds is 4. The van der Waals surface area contributed by atoms with Crippen LogP contribution in [-0.4, -0.2) is 21.2 Å². The Kier molecular flexibility index (Phi) is 4.42. The zero-order valence-electron chi connectivity index (χ0n) is 13.3. The molecule has 0 fully saturated rings. The van der Waals surface area contributed by atoms with Crippen LogP contribution in [0, 0.1) is 13.8 Å². The Bertz CT molecular complexity index is 826. The molecule has 0 aliphatic heterocycles. The van der Waals surface area contributed by atoms with Crippen LogP contribution < -0.4 is 15.4 Å². The van der Waals surface area contributed by atoms with E-state index in [1.54, 1.807) is 18.3 Å². The monoisotopic (exact) mass is 323 g/mol. The number of hydrogen-bond donors (Lipinski definition) is 3. The molecule has 0 spiro atoms. The first-order valence-electron chi connectivity index (χ1n) is 7.40. The van der Waals surface area contributed by atoms with Crippen molar-refractivity contribution in [2.45, 2.75) is 13.8 Å². The Morgan fingerprint density at radius 2 is 1.92 bits per heavy atom. The number of hydrogen-bond acceptors (Lipinski definition) is 4. The van der Waals surface area contributed by atoms with Gasteiger partial charge in [-0.25, -0.2) is 9.78 Å². The van der Waals surface area contributed by atoms with Gasteiger partial charge in [0.05, 0.1) is 17.1 Å². The molecule has 2 heterocycles. The van der Waals surface area contributed by atoms with Gasteiger partial charge in [-0.3, -0.25) is 5.10 Å². The number of carbonyl (C=O) groups excluding carboxylic acids is 1. The van der Waals surface area contributed by atoms with Crippen molar-refractivity contribution < 1.29 is 9.53 Å². The van der Waals surface area contributed by atoms with E-state index in [1.807, 2.05) is 44.2 Å². The van der Waals surface area contributed by atoms with Crippen LogP contribution in [0.25, 0.3) is 0 Å². The second kappa shape index (κ2) is 6.82. The third-order valence-electron chi connectivity index (χ3n) is 3.32. The molecular weight excluding hydrogens is 306 g/mol. The molecule has 0 saturated carbocycles. The summed E-state index contributed by atoms with van der Waals surface area (Å²) in [5.74, 6) is 1.07. The molecule has 0 aliphatic carbocycles. The van der Waals surface area contributed by atoms with Crippen molar-refractivity contribution in [2.24, 2.45) is 0 Å². The molecule has 3 N–H and O–H groups in total. The van der Waals surface area contributed by atoms with Crippen LogP contribution in [0.4, 0.5) is 16.2 Å². The minimum Gasteiger partial charge on any atom is -0.439 e. The molecule has 0 radical (unpaired) electrons. The van der Waals surface area contributed by atoms with Crippen LogP contribution in [0.3, 0.4) is 0 Å². The molecular formula is C17H17N5O2. The molecule has 3 rings (SSSR count). The van der Waals surface area contributed by atoms with Crippen LogP contribution in [0.1, 0.15) is 11.4 Å². The molecule has 7 nitrogen and oxygen atoms in total. The van der Waals surface area contributed by atoms with Gasteiger partial charge < -0.3 is 15.4 Å². The molecule has 0 unspecified atom stereocenters.